The van der Waals surface area contributed by atoms with E-state index in [-0.39, 0.29) is 28.2 Å². The Labute approximate surface area is 120 Å². The molecule has 0 rings (SSSR count). The van der Waals surface area contributed by atoms with Gasteiger partial charge in [-0.1, -0.05) is 54.9 Å². The first-order chi connectivity index (χ1) is 8.42. The monoisotopic (exact) mass is 269 g/mol. The molecule has 1 unspecified atom stereocenters. The van der Waals surface area contributed by atoms with Gasteiger partial charge in [0.1, 0.15) is 0 Å². The highest BCUT2D eigenvalue weighted by molar-refractivity contribution is 5.83. The van der Waals surface area contributed by atoms with E-state index in [2.05, 4.69) is 53.8 Å². The molecule has 0 fully saturated rings. The molecule has 0 saturated heterocycles. The van der Waals surface area contributed by atoms with Crippen LogP contribution in [0.4, 0.5) is 0 Å². The summed E-state index contributed by atoms with van der Waals surface area (Å²) in [6.45, 7) is 19.6. The van der Waals surface area contributed by atoms with Gasteiger partial charge in [-0.3, -0.25) is 4.79 Å². The smallest absolute Gasteiger partial charge is 0.226 e. The van der Waals surface area contributed by atoms with E-state index >= 15 is 0 Å². The maximum absolute atomic E-state index is 12.8. The van der Waals surface area contributed by atoms with Gasteiger partial charge in [0.05, 0.1) is 5.41 Å². The number of nitrogens with one attached hydrogen (secondary N) is 1. The molecular weight excluding hydrogens is 234 g/mol. The topological polar surface area (TPSA) is 29.1 Å². The zero-order valence-corrected chi connectivity index (χ0v) is 14.6. The van der Waals surface area contributed by atoms with E-state index in [4.69, 9.17) is 0 Å². The molecule has 0 bridgehead atoms. The quantitative estimate of drug-likeness (QED) is 0.708. The number of carbonyl (C=O) groups excluding carboxylic acids is 1. The van der Waals surface area contributed by atoms with Crippen LogP contribution in [-0.4, -0.2) is 11.9 Å². The maximum atomic E-state index is 12.8. The van der Waals surface area contributed by atoms with Crippen LogP contribution in [0.2, 0.25) is 0 Å². The molecule has 0 aliphatic heterocycles. The Morgan fingerprint density at radius 1 is 1.00 bits per heavy atom. The van der Waals surface area contributed by atoms with E-state index in [0.29, 0.717) is 0 Å². The van der Waals surface area contributed by atoms with E-state index < -0.39 is 0 Å². The van der Waals surface area contributed by atoms with Crippen LogP contribution < -0.4 is 5.32 Å². The molecule has 114 valence electrons. The Morgan fingerprint density at radius 2 is 1.47 bits per heavy atom. The maximum Gasteiger partial charge on any atom is 0.226 e. The van der Waals surface area contributed by atoms with Gasteiger partial charge in [-0.15, -0.1) is 0 Å². The molecule has 0 aromatic heterocycles. The zero-order valence-electron chi connectivity index (χ0n) is 14.6. The Balaban J connectivity index is 5.43. The van der Waals surface area contributed by atoms with E-state index in [9.17, 15) is 4.79 Å². The van der Waals surface area contributed by atoms with Crippen LogP contribution in [0.3, 0.4) is 0 Å². The van der Waals surface area contributed by atoms with Gasteiger partial charge >= 0.3 is 0 Å². The van der Waals surface area contributed by atoms with Crippen molar-refractivity contribution in [2.45, 2.75) is 87.6 Å². The van der Waals surface area contributed by atoms with Crippen molar-refractivity contribution in [2.75, 3.05) is 0 Å². The largest absolute Gasteiger partial charge is 0.353 e. The minimum atomic E-state index is -0.328. The summed E-state index contributed by atoms with van der Waals surface area (Å²) in [4.78, 5) is 12.8. The minimum absolute atomic E-state index is 0.00157. The van der Waals surface area contributed by atoms with Crippen molar-refractivity contribution in [1.29, 1.82) is 0 Å². The second-order valence-corrected chi connectivity index (χ2v) is 7.89. The lowest BCUT2D eigenvalue weighted by Crippen LogP contribution is -2.51. The summed E-state index contributed by atoms with van der Waals surface area (Å²) in [5.41, 5.74) is -0.139. The van der Waals surface area contributed by atoms with Crippen molar-refractivity contribution in [1.82, 2.24) is 5.32 Å². The Bertz CT molecular complexity index is 304. The van der Waals surface area contributed by atoms with Gasteiger partial charge in [-0.2, -0.15) is 0 Å². The lowest BCUT2D eigenvalue weighted by Gasteiger charge is -2.47. The highest BCUT2D eigenvalue weighted by atomic mass is 16.2. The minimum Gasteiger partial charge on any atom is -0.353 e. The normalized spacial score (nSPS) is 16.3. The molecule has 0 aliphatic carbocycles. The van der Waals surface area contributed by atoms with Crippen molar-refractivity contribution in [2.24, 2.45) is 16.2 Å². The molecule has 0 spiro atoms. The van der Waals surface area contributed by atoms with Crippen molar-refractivity contribution in [3.63, 3.8) is 0 Å². The van der Waals surface area contributed by atoms with Gasteiger partial charge in [0, 0.05) is 6.04 Å². The number of amides is 1. The van der Waals surface area contributed by atoms with Crippen LogP contribution in [0.1, 0.15) is 81.6 Å². The number of hydrogen-bond donors (Lipinski definition) is 1. The lowest BCUT2D eigenvalue weighted by molar-refractivity contribution is -0.140. The van der Waals surface area contributed by atoms with E-state index in [1.54, 1.807) is 0 Å². The van der Waals surface area contributed by atoms with Crippen LogP contribution in [0.15, 0.2) is 0 Å². The number of rotatable bonds is 7. The highest BCUT2D eigenvalue weighted by Gasteiger charge is 2.48. The van der Waals surface area contributed by atoms with Crippen LogP contribution in [-0.2, 0) is 4.79 Å². The second kappa shape index (κ2) is 6.28. The van der Waals surface area contributed by atoms with Gasteiger partial charge in [0.25, 0.3) is 0 Å². The third kappa shape index (κ3) is 4.50. The fourth-order valence-electron chi connectivity index (χ4n) is 2.52. The van der Waals surface area contributed by atoms with E-state index in [1.807, 2.05) is 13.8 Å². The highest BCUT2D eigenvalue weighted by Crippen LogP contribution is 2.49. The second-order valence-electron chi connectivity index (χ2n) is 7.89. The molecule has 0 radical (unpaired) electrons. The summed E-state index contributed by atoms with van der Waals surface area (Å²) >= 11 is 0. The Morgan fingerprint density at radius 3 is 1.79 bits per heavy atom. The van der Waals surface area contributed by atoms with Crippen LogP contribution >= 0.6 is 0 Å². The Hall–Kier alpha value is -0.530. The van der Waals surface area contributed by atoms with Gasteiger partial charge in [0.15, 0.2) is 0 Å². The first kappa shape index (κ1) is 18.5. The number of carbonyl (C=O) groups is 1. The first-order valence-corrected chi connectivity index (χ1v) is 7.73. The lowest BCUT2D eigenvalue weighted by atomic mass is 9.58. The van der Waals surface area contributed by atoms with Crippen LogP contribution in [0.25, 0.3) is 0 Å². The molecule has 0 heterocycles. The zero-order chi connectivity index (χ0) is 15.5. The Kier molecular flexibility index (Phi) is 6.10. The summed E-state index contributed by atoms with van der Waals surface area (Å²) < 4.78 is 0. The summed E-state index contributed by atoms with van der Waals surface area (Å²) in [7, 11) is 0. The van der Waals surface area contributed by atoms with Gasteiger partial charge in [-0.05, 0) is 37.5 Å². The van der Waals surface area contributed by atoms with Gasteiger partial charge in [0.2, 0.25) is 5.91 Å². The SMILES string of the molecule is CCC(C)(C)CC(C)(C(=O)NC(C)C)C(C)(C)CC. The molecule has 1 amide bonds. The molecule has 0 aromatic rings. The third-order valence-corrected chi connectivity index (χ3v) is 5.09. The van der Waals surface area contributed by atoms with Gasteiger partial charge < -0.3 is 5.32 Å². The average Bonchev–Trinajstić information content (AvgIpc) is 2.27. The van der Waals surface area contributed by atoms with E-state index in [0.717, 1.165) is 19.3 Å². The van der Waals surface area contributed by atoms with Crippen LogP contribution in [0, 0.1) is 16.2 Å². The summed E-state index contributed by atoms with van der Waals surface area (Å²) in [6, 6.07) is 0.198. The molecular formula is C17H35NO. The third-order valence-electron chi connectivity index (χ3n) is 5.09. The predicted molar refractivity (Wildman–Crippen MR) is 84.1 cm³/mol. The van der Waals surface area contributed by atoms with E-state index in [1.165, 1.54) is 0 Å². The molecule has 1 N–H and O–H groups in total. The van der Waals surface area contributed by atoms with Crippen molar-refractivity contribution < 1.29 is 4.79 Å². The summed E-state index contributed by atoms with van der Waals surface area (Å²) in [6.07, 6.45) is 3.03. The van der Waals surface area contributed by atoms with Crippen molar-refractivity contribution >= 4 is 5.91 Å². The summed E-state index contributed by atoms with van der Waals surface area (Å²) in [5.74, 6) is 0.205. The molecule has 1 atom stereocenters. The molecule has 2 nitrogen and oxygen atoms in total. The average molecular weight is 269 g/mol. The van der Waals surface area contributed by atoms with Gasteiger partial charge in [-0.25, -0.2) is 0 Å². The predicted octanol–water partition coefficient (Wildman–Crippen LogP) is 4.78. The molecule has 19 heavy (non-hydrogen) atoms. The van der Waals surface area contributed by atoms with Crippen molar-refractivity contribution in [3.8, 4) is 0 Å². The fourth-order valence-corrected chi connectivity index (χ4v) is 2.52. The molecule has 0 saturated carbocycles. The molecule has 2 heteroatoms. The molecule has 0 aromatic carbocycles. The fraction of sp³-hybridized carbons (Fsp3) is 0.941. The first-order valence-electron chi connectivity index (χ1n) is 7.73. The standard InChI is InChI=1S/C17H35NO/c1-10-15(5,6)12-17(9,16(7,8)11-2)14(19)18-13(3)4/h13H,10-12H2,1-9H3,(H,18,19). The number of hydrogen-bond acceptors (Lipinski definition) is 1. The molecule has 0 aliphatic rings. The van der Waals surface area contributed by atoms with Crippen LogP contribution in [0.5, 0.6) is 0 Å². The van der Waals surface area contributed by atoms with Crippen molar-refractivity contribution in [3.05, 3.63) is 0 Å². The summed E-state index contributed by atoms with van der Waals surface area (Å²) in [5, 5.41) is 3.13.